The van der Waals surface area contributed by atoms with E-state index in [9.17, 15) is 22.0 Å². The van der Waals surface area contributed by atoms with Crippen LogP contribution in [0.5, 0.6) is 0 Å². The molecule has 0 amide bonds. The summed E-state index contributed by atoms with van der Waals surface area (Å²) in [6.45, 7) is 0. The molecular weight excluding hydrogens is 328 g/mol. The maximum absolute atomic E-state index is 13.2. The Labute approximate surface area is 131 Å². The zero-order chi connectivity index (χ0) is 17.0. The van der Waals surface area contributed by atoms with Crippen molar-refractivity contribution in [3.63, 3.8) is 0 Å². The van der Waals surface area contributed by atoms with Crippen LogP contribution in [0, 0.1) is 11.6 Å². The summed E-state index contributed by atoms with van der Waals surface area (Å²) in [7, 11) is -4.21. The third kappa shape index (κ3) is 4.33. The molecule has 0 spiro atoms. The minimum Gasteiger partial charge on any atom is -0.481 e. The van der Waals surface area contributed by atoms with Crippen molar-refractivity contribution in [2.24, 2.45) is 0 Å². The van der Waals surface area contributed by atoms with Crippen LogP contribution < -0.4 is 4.72 Å². The molecule has 8 heteroatoms. The predicted octanol–water partition coefficient (Wildman–Crippen LogP) is 2.46. The van der Waals surface area contributed by atoms with Gasteiger partial charge >= 0.3 is 5.97 Å². The van der Waals surface area contributed by atoms with E-state index in [4.69, 9.17) is 5.11 Å². The van der Waals surface area contributed by atoms with Crippen molar-refractivity contribution in [1.82, 2.24) is 4.72 Å². The van der Waals surface area contributed by atoms with E-state index in [0.29, 0.717) is 17.7 Å². The van der Waals surface area contributed by atoms with E-state index >= 15 is 0 Å². The van der Waals surface area contributed by atoms with Crippen molar-refractivity contribution < 1.29 is 27.1 Å². The summed E-state index contributed by atoms with van der Waals surface area (Å²) in [5.74, 6) is -3.68. The number of sulfonamides is 1. The van der Waals surface area contributed by atoms with Gasteiger partial charge in [-0.05, 0) is 23.8 Å². The third-order valence-electron chi connectivity index (χ3n) is 3.08. The van der Waals surface area contributed by atoms with Crippen LogP contribution in [0.15, 0.2) is 53.4 Å². The van der Waals surface area contributed by atoms with Crippen molar-refractivity contribution in [2.75, 3.05) is 0 Å². The molecule has 2 rings (SSSR count). The van der Waals surface area contributed by atoms with E-state index in [1.165, 1.54) is 0 Å². The second-order valence-electron chi connectivity index (χ2n) is 4.76. The van der Waals surface area contributed by atoms with Gasteiger partial charge < -0.3 is 5.11 Å². The van der Waals surface area contributed by atoms with Gasteiger partial charge in [0.2, 0.25) is 10.0 Å². The molecule has 0 bridgehead atoms. The molecule has 0 radical (unpaired) electrons. The van der Waals surface area contributed by atoms with E-state index < -0.39 is 45.0 Å². The largest absolute Gasteiger partial charge is 0.481 e. The van der Waals surface area contributed by atoms with Crippen LogP contribution in [0.1, 0.15) is 18.0 Å². The highest BCUT2D eigenvalue weighted by atomic mass is 32.2. The first kappa shape index (κ1) is 17.0. The standard InChI is InChI=1S/C15H13F2NO4S/c16-12-7-6-11(8-13(12)17)23(21,22)18-14(9-15(19)20)10-4-2-1-3-5-10/h1-8,14,18H,9H2,(H,19,20)/t14-/m0/s1. The van der Waals surface area contributed by atoms with Gasteiger partial charge in [-0.3, -0.25) is 4.79 Å². The molecule has 0 aliphatic heterocycles. The normalized spacial score (nSPS) is 12.8. The van der Waals surface area contributed by atoms with Crippen molar-refractivity contribution >= 4 is 16.0 Å². The lowest BCUT2D eigenvalue weighted by molar-refractivity contribution is -0.137. The summed E-state index contributed by atoms with van der Waals surface area (Å²) in [5, 5.41) is 8.95. The van der Waals surface area contributed by atoms with E-state index in [-0.39, 0.29) is 0 Å². The Morgan fingerprint density at radius 3 is 2.30 bits per heavy atom. The number of hydrogen-bond acceptors (Lipinski definition) is 3. The van der Waals surface area contributed by atoms with Crippen molar-refractivity contribution in [1.29, 1.82) is 0 Å². The van der Waals surface area contributed by atoms with Gasteiger partial charge in [0.25, 0.3) is 0 Å². The Bertz CT molecular complexity index is 809. The number of carboxylic acids is 1. The lowest BCUT2D eigenvalue weighted by Gasteiger charge is -2.17. The Morgan fingerprint density at radius 2 is 1.74 bits per heavy atom. The summed E-state index contributed by atoms with van der Waals surface area (Å²) < 4.78 is 52.9. The highest BCUT2D eigenvalue weighted by molar-refractivity contribution is 7.89. The van der Waals surface area contributed by atoms with E-state index in [1.807, 2.05) is 0 Å². The highest BCUT2D eigenvalue weighted by Crippen LogP contribution is 2.21. The van der Waals surface area contributed by atoms with Crippen LogP contribution in [0.25, 0.3) is 0 Å². The second kappa shape index (κ2) is 6.84. The SMILES string of the molecule is O=C(O)C[C@H](NS(=O)(=O)c1ccc(F)c(F)c1)c1ccccc1. The molecule has 0 aliphatic carbocycles. The van der Waals surface area contributed by atoms with E-state index in [2.05, 4.69) is 4.72 Å². The van der Waals surface area contributed by atoms with Gasteiger partial charge in [0.05, 0.1) is 17.4 Å². The maximum atomic E-state index is 13.2. The first-order valence-electron chi connectivity index (χ1n) is 6.54. The number of nitrogens with one attached hydrogen (secondary N) is 1. The minimum absolute atomic E-state index is 0.445. The number of rotatable bonds is 6. The molecule has 2 N–H and O–H groups in total. The highest BCUT2D eigenvalue weighted by Gasteiger charge is 2.24. The molecule has 0 aromatic heterocycles. The lowest BCUT2D eigenvalue weighted by Crippen LogP contribution is -2.30. The molecule has 23 heavy (non-hydrogen) atoms. The fourth-order valence-corrected chi connectivity index (χ4v) is 3.22. The predicted molar refractivity (Wildman–Crippen MR) is 78.1 cm³/mol. The molecule has 122 valence electrons. The quantitative estimate of drug-likeness (QED) is 0.845. The number of carbonyl (C=O) groups is 1. The van der Waals surface area contributed by atoms with Gasteiger partial charge in [0.1, 0.15) is 0 Å². The molecule has 0 saturated carbocycles. The van der Waals surface area contributed by atoms with Gasteiger partial charge in [-0.1, -0.05) is 30.3 Å². The van der Waals surface area contributed by atoms with Gasteiger partial charge in [0.15, 0.2) is 11.6 Å². The van der Waals surface area contributed by atoms with Crippen molar-refractivity contribution in [3.8, 4) is 0 Å². The van der Waals surface area contributed by atoms with Gasteiger partial charge in [-0.15, -0.1) is 0 Å². The second-order valence-corrected chi connectivity index (χ2v) is 6.47. The van der Waals surface area contributed by atoms with Gasteiger partial charge in [-0.25, -0.2) is 21.9 Å². The maximum Gasteiger partial charge on any atom is 0.305 e. The topological polar surface area (TPSA) is 83.5 Å². The number of carboxylic acid groups (broad SMARTS) is 1. The fraction of sp³-hybridized carbons (Fsp3) is 0.133. The molecule has 0 saturated heterocycles. The average Bonchev–Trinajstić information content (AvgIpc) is 2.49. The van der Waals surface area contributed by atoms with E-state index in [1.54, 1.807) is 30.3 Å². The first-order chi connectivity index (χ1) is 10.8. The van der Waals surface area contributed by atoms with Crippen molar-refractivity contribution in [2.45, 2.75) is 17.4 Å². The molecule has 2 aromatic rings. The Morgan fingerprint density at radius 1 is 1.09 bits per heavy atom. The molecule has 0 heterocycles. The van der Waals surface area contributed by atoms with Gasteiger partial charge in [-0.2, -0.15) is 0 Å². The summed E-state index contributed by atoms with van der Waals surface area (Å²) in [5.41, 5.74) is 0.445. The lowest BCUT2D eigenvalue weighted by atomic mass is 10.1. The van der Waals surface area contributed by atoms with Crippen LogP contribution in [-0.2, 0) is 14.8 Å². The van der Waals surface area contributed by atoms with Crippen LogP contribution in [0.3, 0.4) is 0 Å². The number of halogens is 2. The summed E-state index contributed by atoms with van der Waals surface area (Å²) in [6, 6.07) is 9.22. The monoisotopic (exact) mass is 341 g/mol. The molecule has 0 fully saturated rings. The minimum atomic E-state index is -4.21. The first-order valence-corrected chi connectivity index (χ1v) is 8.02. The van der Waals surface area contributed by atoms with Crippen molar-refractivity contribution in [3.05, 3.63) is 65.7 Å². The van der Waals surface area contributed by atoms with Crippen LogP contribution in [0.4, 0.5) is 8.78 Å². The third-order valence-corrected chi connectivity index (χ3v) is 4.55. The number of aliphatic carboxylic acids is 1. The Hall–Kier alpha value is -2.32. The summed E-state index contributed by atoms with van der Waals surface area (Å²) >= 11 is 0. The summed E-state index contributed by atoms with van der Waals surface area (Å²) in [6.07, 6.45) is -0.493. The zero-order valence-corrected chi connectivity index (χ0v) is 12.6. The summed E-state index contributed by atoms with van der Waals surface area (Å²) in [4.78, 5) is 10.5. The Kier molecular flexibility index (Phi) is 5.07. The van der Waals surface area contributed by atoms with Crippen LogP contribution in [-0.4, -0.2) is 19.5 Å². The molecule has 0 unspecified atom stereocenters. The Balaban J connectivity index is 2.34. The molecule has 1 atom stereocenters. The molecule has 0 aliphatic rings. The van der Waals surface area contributed by atoms with E-state index in [0.717, 1.165) is 6.07 Å². The van der Waals surface area contributed by atoms with Crippen LogP contribution in [0.2, 0.25) is 0 Å². The molecule has 5 nitrogen and oxygen atoms in total. The van der Waals surface area contributed by atoms with Crippen LogP contribution >= 0.6 is 0 Å². The molecular formula is C15H13F2NO4S. The molecule has 2 aromatic carbocycles. The zero-order valence-electron chi connectivity index (χ0n) is 11.7. The van der Waals surface area contributed by atoms with Gasteiger partial charge in [0, 0.05) is 0 Å². The fourth-order valence-electron chi connectivity index (χ4n) is 1.99. The number of hydrogen-bond donors (Lipinski definition) is 2. The smallest absolute Gasteiger partial charge is 0.305 e. The number of benzene rings is 2. The average molecular weight is 341 g/mol.